The van der Waals surface area contributed by atoms with E-state index in [0.29, 0.717) is 0 Å². The van der Waals surface area contributed by atoms with Crippen LogP contribution in [0.5, 0.6) is 0 Å². The molecule has 0 radical (unpaired) electrons. The molecule has 0 atom stereocenters. The van der Waals surface area contributed by atoms with Gasteiger partial charge in [-0.25, -0.2) is 4.98 Å². The highest BCUT2D eigenvalue weighted by Crippen LogP contribution is 2.21. The molecule has 2 heterocycles. The maximum absolute atomic E-state index is 4.53. The van der Waals surface area contributed by atoms with Crippen molar-refractivity contribution < 1.29 is 0 Å². The van der Waals surface area contributed by atoms with Gasteiger partial charge in [-0.2, -0.15) is 0 Å². The molecule has 0 aromatic carbocycles. The highest BCUT2D eigenvalue weighted by Gasteiger charge is 2.04. The quantitative estimate of drug-likeness (QED) is 0.715. The van der Waals surface area contributed by atoms with E-state index in [-0.39, 0.29) is 0 Å². The smallest absolute Gasteiger partial charge is 0.0978 e. The van der Waals surface area contributed by atoms with E-state index in [2.05, 4.69) is 27.9 Å². The number of aryl methyl sites for hydroxylation is 2. The van der Waals surface area contributed by atoms with Gasteiger partial charge in [-0.3, -0.25) is 0 Å². The van der Waals surface area contributed by atoms with Crippen molar-refractivity contribution in [1.29, 1.82) is 0 Å². The Hall–Kier alpha value is -1.09. The summed E-state index contributed by atoms with van der Waals surface area (Å²) >= 11 is 1.73. The van der Waals surface area contributed by atoms with Crippen LogP contribution in [0, 0.1) is 0 Å². The standard InChI is InChI=1S/C10H12N2S/c1-3-10-11-8(7-13-10)9-5-4-6-12(9)2/h4-7H,3H2,1-2H3. The molecule has 0 spiro atoms. The zero-order valence-electron chi connectivity index (χ0n) is 7.82. The predicted octanol–water partition coefficient (Wildman–Crippen LogP) is 2.71. The topological polar surface area (TPSA) is 17.8 Å². The van der Waals surface area contributed by atoms with Gasteiger partial charge in [0.25, 0.3) is 0 Å². The van der Waals surface area contributed by atoms with Crippen LogP contribution >= 0.6 is 11.3 Å². The molecular weight excluding hydrogens is 180 g/mol. The largest absolute Gasteiger partial charge is 0.349 e. The van der Waals surface area contributed by atoms with Crippen molar-refractivity contribution in [3.05, 3.63) is 28.7 Å². The first-order valence-corrected chi connectivity index (χ1v) is 5.25. The zero-order chi connectivity index (χ0) is 9.26. The summed E-state index contributed by atoms with van der Waals surface area (Å²) in [5.74, 6) is 0. The SMILES string of the molecule is CCc1nc(-c2cccn2C)cs1. The average Bonchev–Trinajstić information content (AvgIpc) is 2.71. The molecule has 0 saturated carbocycles. The second-order valence-corrected chi connectivity index (χ2v) is 3.93. The van der Waals surface area contributed by atoms with Crippen molar-refractivity contribution in [2.45, 2.75) is 13.3 Å². The average molecular weight is 192 g/mol. The van der Waals surface area contributed by atoms with Gasteiger partial charge in [0.1, 0.15) is 0 Å². The molecule has 13 heavy (non-hydrogen) atoms. The van der Waals surface area contributed by atoms with Crippen molar-refractivity contribution in [1.82, 2.24) is 9.55 Å². The Kier molecular flexibility index (Phi) is 2.19. The van der Waals surface area contributed by atoms with E-state index < -0.39 is 0 Å². The van der Waals surface area contributed by atoms with Crippen LogP contribution in [0.25, 0.3) is 11.4 Å². The van der Waals surface area contributed by atoms with Gasteiger partial charge in [0.2, 0.25) is 0 Å². The highest BCUT2D eigenvalue weighted by atomic mass is 32.1. The molecular formula is C10H12N2S. The summed E-state index contributed by atoms with van der Waals surface area (Å²) in [6.07, 6.45) is 3.06. The van der Waals surface area contributed by atoms with Gasteiger partial charge >= 0.3 is 0 Å². The lowest BCUT2D eigenvalue weighted by Gasteiger charge is -1.97. The number of hydrogen-bond acceptors (Lipinski definition) is 2. The molecule has 2 nitrogen and oxygen atoms in total. The minimum atomic E-state index is 1.02. The van der Waals surface area contributed by atoms with E-state index in [0.717, 1.165) is 12.1 Å². The third-order valence-corrected chi connectivity index (χ3v) is 3.05. The minimum Gasteiger partial charge on any atom is -0.349 e. The molecule has 2 aromatic rings. The predicted molar refractivity (Wildman–Crippen MR) is 55.9 cm³/mol. The Morgan fingerprint density at radius 2 is 2.38 bits per heavy atom. The van der Waals surface area contributed by atoms with Crippen LogP contribution in [-0.4, -0.2) is 9.55 Å². The minimum absolute atomic E-state index is 1.02. The molecule has 2 aromatic heterocycles. The van der Waals surface area contributed by atoms with Crippen LogP contribution in [0.2, 0.25) is 0 Å². The first-order valence-electron chi connectivity index (χ1n) is 4.37. The lowest BCUT2D eigenvalue weighted by molar-refractivity contribution is 0.930. The molecule has 0 aliphatic heterocycles. The van der Waals surface area contributed by atoms with Crippen LogP contribution in [0.4, 0.5) is 0 Å². The van der Waals surface area contributed by atoms with Crippen LogP contribution in [-0.2, 0) is 13.5 Å². The molecule has 2 rings (SSSR count). The number of rotatable bonds is 2. The maximum Gasteiger partial charge on any atom is 0.0978 e. The second-order valence-electron chi connectivity index (χ2n) is 2.98. The molecule has 0 amide bonds. The number of hydrogen-bond donors (Lipinski definition) is 0. The number of nitrogens with zero attached hydrogens (tertiary/aromatic N) is 2. The second kappa shape index (κ2) is 3.34. The van der Waals surface area contributed by atoms with Crippen molar-refractivity contribution in [3.8, 4) is 11.4 Å². The molecule has 0 fully saturated rings. The van der Waals surface area contributed by atoms with E-state index in [1.165, 1.54) is 10.7 Å². The van der Waals surface area contributed by atoms with Gasteiger partial charge in [-0.05, 0) is 18.6 Å². The molecule has 0 saturated heterocycles. The summed E-state index contributed by atoms with van der Waals surface area (Å²) in [7, 11) is 2.04. The number of thiazole rings is 1. The first-order chi connectivity index (χ1) is 6.31. The van der Waals surface area contributed by atoms with Gasteiger partial charge in [-0.1, -0.05) is 6.92 Å². The third kappa shape index (κ3) is 1.52. The Bertz CT molecular complexity index is 400. The fraction of sp³-hybridized carbons (Fsp3) is 0.300. The summed E-state index contributed by atoms with van der Waals surface area (Å²) in [4.78, 5) is 4.53. The Balaban J connectivity index is 2.41. The summed E-state index contributed by atoms with van der Waals surface area (Å²) in [5, 5.41) is 3.32. The molecule has 3 heteroatoms. The van der Waals surface area contributed by atoms with E-state index in [9.17, 15) is 0 Å². The zero-order valence-corrected chi connectivity index (χ0v) is 8.64. The molecule has 0 unspecified atom stereocenters. The van der Waals surface area contributed by atoms with E-state index in [1.807, 2.05) is 19.3 Å². The van der Waals surface area contributed by atoms with Crippen molar-refractivity contribution in [2.24, 2.45) is 7.05 Å². The van der Waals surface area contributed by atoms with Crippen molar-refractivity contribution in [3.63, 3.8) is 0 Å². The number of aromatic nitrogens is 2. The summed E-state index contributed by atoms with van der Waals surface area (Å²) < 4.78 is 2.09. The fourth-order valence-corrected chi connectivity index (χ4v) is 2.06. The normalized spacial score (nSPS) is 10.6. The van der Waals surface area contributed by atoms with Gasteiger partial charge in [0.15, 0.2) is 0 Å². The molecule has 0 N–H and O–H groups in total. The molecule has 68 valence electrons. The Labute approximate surface area is 81.9 Å². The van der Waals surface area contributed by atoms with Gasteiger partial charge in [0.05, 0.1) is 16.4 Å². The molecule has 0 aliphatic rings. The lowest BCUT2D eigenvalue weighted by atomic mass is 10.3. The third-order valence-electron chi connectivity index (χ3n) is 2.06. The van der Waals surface area contributed by atoms with Gasteiger partial charge in [0, 0.05) is 18.6 Å². The Morgan fingerprint density at radius 1 is 1.54 bits per heavy atom. The lowest BCUT2D eigenvalue weighted by Crippen LogP contribution is -1.89. The van der Waals surface area contributed by atoms with E-state index in [4.69, 9.17) is 0 Å². The van der Waals surface area contributed by atoms with Crippen molar-refractivity contribution >= 4 is 11.3 Å². The molecule has 0 aliphatic carbocycles. The van der Waals surface area contributed by atoms with Crippen molar-refractivity contribution in [2.75, 3.05) is 0 Å². The van der Waals surface area contributed by atoms with Crippen LogP contribution in [0.15, 0.2) is 23.7 Å². The van der Waals surface area contributed by atoms with Crippen LogP contribution < -0.4 is 0 Å². The summed E-state index contributed by atoms with van der Waals surface area (Å²) in [6.45, 7) is 2.13. The van der Waals surface area contributed by atoms with Crippen LogP contribution in [0.1, 0.15) is 11.9 Å². The summed E-state index contributed by atoms with van der Waals surface area (Å²) in [6, 6.07) is 4.13. The first kappa shape index (κ1) is 8.51. The summed E-state index contributed by atoms with van der Waals surface area (Å²) in [5.41, 5.74) is 2.28. The monoisotopic (exact) mass is 192 g/mol. The fourth-order valence-electron chi connectivity index (χ4n) is 1.32. The van der Waals surface area contributed by atoms with Crippen LogP contribution in [0.3, 0.4) is 0 Å². The maximum atomic E-state index is 4.53. The molecule has 0 bridgehead atoms. The van der Waals surface area contributed by atoms with E-state index >= 15 is 0 Å². The van der Waals surface area contributed by atoms with E-state index in [1.54, 1.807) is 11.3 Å². The van der Waals surface area contributed by atoms with Gasteiger partial charge in [-0.15, -0.1) is 11.3 Å². The highest BCUT2D eigenvalue weighted by molar-refractivity contribution is 7.09. The Morgan fingerprint density at radius 3 is 2.92 bits per heavy atom. The van der Waals surface area contributed by atoms with Gasteiger partial charge < -0.3 is 4.57 Å².